The third-order valence-electron chi connectivity index (χ3n) is 6.64. The summed E-state index contributed by atoms with van der Waals surface area (Å²) < 4.78 is 25.7. The van der Waals surface area contributed by atoms with Crippen LogP contribution in [0.1, 0.15) is 34.3 Å². The van der Waals surface area contributed by atoms with E-state index in [1.165, 1.54) is 6.07 Å². The van der Waals surface area contributed by atoms with Gasteiger partial charge in [0, 0.05) is 30.5 Å². The van der Waals surface area contributed by atoms with Gasteiger partial charge in [-0.3, -0.25) is 4.79 Å². The van der Waals surface area contributed by atoms with Gasteiger partial charge in [-0.2, -0.15) is 5.26 Å². The molecule has 2 atom stereocenters. The summed E-state index contributed by atoms with van der Waals surface area (Å²) in [5.74, 6) is -1.17. The number of rotatable bonds is 5. The topological polar surface area (TPSA) is 100 Å². The molecule has 1 amide bonds. The lowest BCUT2D eigenvalue weighted by atomic mass is 9.97. The summed E-state index contributed by atoms with van der Waals surface area (Å²) in [6.45, 7) is 1.98. The molecule has 0 aromatic heterocycles. The molecule has 0 radical (unpaired) electrons. The van der Waals surface area contributed by atoms with Crippen LogP contribution in [0.3, 0.4) is 0 Å². The summed E-state index contributed by atoms with van der Waals surface area (Å²) in [4.78, 5) is 24.2. The molecule has 2 N–H and O–H groups in total. The first-order valence-corrected chi connectivity index (χ1v) is 11.1. The van der Waals surface area contributed by atoms with Gasteiger partial charge in [0.1, 0.15) is 24.6 Å². The predicted molar refractivity (Wildman–Crippen MR) is 116 cm³/mol. The van der Waals surface area contributed by atoms with E-state index in [9.17, 15) is 19.2 Å². The second-order valence-electron chi connectivity index (χ2n) is 9.08. The van der Waals surface area contributed by atoms with Crippen LogP contribution in [-0.2, 0) is 27.3 Å². The standard InChI is InChI=1S/C25H24FN3O4/c26-21-9-16(15-3-4-20-18(7-15)12-32-24(20)31)1-2-17(21)8-19(10-27)29-23(30)22-11-28-13-25(5-6-25)14-33-22/h1-4,7,9,19,22,28H,5-6,8,11-14H2,(H,29,30)/t19-,22-/m0/s1. The molecule has 5 rings (SSSR count). The number of carbonyl (C=O) groups excluding carboxylic acids is 2. The van der Waals surface area contributed by atoms with Crippen LogP contribution in [0.5, 0.6) is 0 Å². The van der Waals surface area contributed by atoms with Crippen LogP contribution in [0, 0.1) is 22.6 Å². The van der Waals surface area contributed by atoms with Crippen molar-refractivity contribution in [2.45, 2.75) is 38.0 Å². The zero-order valence-corrected chi connectivity index (χ0v) is 18.0. The van der Waals surface area contributed by atoms with Crippen LogP contribution in [0.2, 0.25) is 0 Å². The van der Waals surface area contributed by atoms with Crippen molar-refractivity contribution in [2.75, 3.05) is 19.7 Å². The van der Waals surface area contributed by atoms with E-state index in [2.05, 4.69) is 16.7 Å². The van der Waals surface area contributed by atoms with E-state index in [0.717, 1.165) is 30.5 Å². The Hall–Kier alpha value is -3.28. The van der Waals surface area contributed by atoms with Gasteiger partial charge in [0.25, 0.3) is 5.91 Å². The first-order valence-electron chi connectivity index (χ1n) is 11.1. The summed E-state index contributed by atoms with van der Waals surface area (Å²) >= 11 is 0. The number of hydrogen-bond donors (Lipinski definition) is 2. The number of ether oxygens (including phenoxy) is 2. The van der Waals surface area contributed by atoms with Crippen LogP contribution in [-0.4, -0.2) is 43.7 Å². The molecule has 0 bridgehead atoms. The highest BCUT2D eigenvalue weighted by molar-refractivity contribution is 5.94. The molecule has 1 aliphatic carbocycles. The van der Waals surface area contributed by atoms with Crippen molar-refractivity contribution in [3.63, 3.8) is 0 Å². The molecular formula is C25H24FN3O4. The number of amides is 1. The van der Waals surface area contributed by atoms with E-state index in [1.807, 2.05) is 6.07 Å². The third kappa shape index (κ3) is 4.47. The Morgan fingerprint density at radius 1 is 1.27 bits per heavy atom. The summed E-state index contributed by atoms with van der Waals surface area (Å²) in [5, 5.41) is 15.5. The monoisotopic (exact) mass is 449 g/mol. The van der Waals surface area contributed by atoms with Crippen LogP contribution in [0.25, 0.3) is 11.1 Å². The van der Waals surface area contributed by atoms with Crippen LogP contribution >= 0.6 is 0 Å². The molecule has 1 spiro atoms. The zero-order valence-electron chi connectivity index (χ0n) is 18.0. The largest absolute Gasteiger partial charge is 0.457 e. The predicted octanol–water partition coefficient (Wildman–Crippen LogP) is 2.48. The minimum Gasteiger partial charge on any atom is -0.457 e. The Morgan fingerprint density at radius 2 is 2.06 bits per heavy atom. The van der Waals surface area contributed by atoms with Crippen molar-refractivity contribution in [1.29, 1.82) is 5.26 Å². The van der Waals surface area contributed by atoms with Gasteiger partial charge in [0.15, 0.2) is 0 Å². The smallest absolute Gasteiger partial charge is 0.338 e. The molecule has 33 heavy (non-hydrogen) atoms. The number of cyclic esters (lactones) is 1. The number of hydrogen-bond acceptors (Lipinski definition) is 6. The lowest BCUT2D eigenvalue weighted by molar-refractivity contribution is -0.133. The molecule has 0 unspecified atom stereocenters. The van der Waals surface area contributed by atoms with E-state index in [-0.39, 0.29) is 30.3 Å². The maximum absolute atomic E-state index is 14.9. The van der Waals surface area contributed by atoms with Crippen LogP contribution in [0.15, 0.2) is 36.4 Å². The lowest BCUT2D eigenvalue weighted by Gasteiger charge is -2.18. The second-order valence-corrected chi connectivity index (χ2v) is 9.08. The Kier molecular flexibility index (Phi) is 5.60. The van der Waals surface area contributed by atoms with Crippen molar-refractivity contribution >= 4 is 11.9 Å². The van der Waals surface area contributed by atoms with Crippen LogP contribution < -0.4 is 10.6 Å². The molecule has 3 aliphatic rings. The lowest BCUT2D eigenvalue weighted by Crippen LogP contribution is -2.46. The molecule has 2 fully saturated rings. The van der Waals surface area contributed by atoms with Crippen molar-refractivity contribution in [3.05, 3.63) is 58.9 Å². The molecule has 170 valence electrons. The number of nitrogens with zero attached hydrogens (tertiary/aromatic N) is 1. The molecule has 1 saturated heterocycles. The van der Waals surface area contributed by atoms with Crippen LogP contribution in [0.4, 0.5) is 4.39 Å². The van der Waals surface area contributed by atoms with Crippen molar-refractivity contribution in [3.8, 4) is 17.2 Å². The Morgan fingerprint density at radius 3 is 2.82 bits per heavy atom. The van der Waals surface area contributed by atoms with Gasteiger partial charge in [-0.25, -0.2) is 9.18 Å². The zero-order chi connectivity index (χ0) is 23.0. The van der Waals surface area contributed by atoms with Gasteiger partial charge < -0.3 is 20.1 Å². The second kappa shape index (κ2) is 8.58. The molecule has 2 aromatic carbocycles. The molecule has 2 aromatic rings. The van der Waals surface area contributed by atoms with E-state index >= 15 is 0 Å². The maximum Gasteiger partial charge on any atom is 0.338 e. The highest BCUT2D eigenvalue weighted by Gasteiger charge is 2.45. The fourth-order valence-corrected chi connectivity index (χ4v) is 4.34. The highest BCUT2D eigenvalue weighted by Crippen LogP contribution is 2.46. The Balaban J connectivity index is 1.24. The SMILES string of the molecule is N#C[C@H](Cc1ccc(-c2ccc3c(c2)COC3=O)cc1F)NC(=O)[C@@H]1CNCC2(CC2)CO1. The number of carbonyl (C=O) groups is 2. The summed E-state index contributed by atoms with van der Waals surface area (Å²) in [7, 11) is 0. The first kappa shape index (κ1) is 21.6. The normalized spacial score (nSPS) is 21.5. The Labute approximate surface area is 190 Å². The molecule has 2 aliphatic heterocycles. The van der Waals surface area contributed by atoms with Gasteiger partial charge in [-0.1, -0.05) is 18.2 Å². The average molecular weight is 449 g/mol. The molecular weight excluding hydrogens is 425 g/mol. The summed E-state index contributed by atoms with van der Waals surface area (Å²) in [5.41, 5.74) is 3.23. The van der Waals surface area contributed by atoms with E-state index in [1.54, 1.807) is 24.3 Å². The summed E-state index contributed by atoms with van der Waals surface area (Å²) in [6, 6.07) is 11.2. The van der Waals surface area contributed by atoms with Crippen molar-refractivity contribution in [2.24, 2.45) is 5.41 Å². The highest BCUT2D eigenvalue weighted by atomic mass is 19.1. The van der Waals surface area contributed by atoms with Gasteiger partial charge >= 0.3 is 5.97 Å². The Bertz CT molecular complexity index is 1150. The van der Waals surface area contributed by atoms with E-state index < -0.39 is 18.0 Å². The molecule has 8 heteroatoms. The van der Waals surface area contributed by atoms with Crippen molar-refractivity contribution in [1.82, 2.24) is 10.6 Å². The minimum atomic E-state index is -0.872. The number of nitrogens with one attached hydrogen (secondary N) is 2. The summed E-state index contributed by atoms with van der Waals surface area (Å²) in [6.07, 6.45) is 1.58. The number of nitriles is 1. The molecule has 7 nitrogen and oxygen atoms in total. The number of benzene rings is 2. The quantitative estimate of drug-likeness (QED) is 0.681. The van der Waals surface area contributed by atoms with E-state index in [0.29, 0.717) is 29.8 Å². The average Bonchev–Trinajstić information content (AvgIpc) is 3.55. The number of halogens is 1. The fourth-order valence-electron chi connectivity index (χ4n) is 4.34. The van der Waals surface area contributed by atoms with E-state index in [4.69, 9.17) is 9.47 Å². The molecule has 1 saturated carbocycles. The fraction of sp³-hybridized carbons (Fsp3) is 0.400. The number of fused-ring (bicyclic) bond motifs is 1. The molecule has 2 heterocycles. The number of esters is 1. The third-order valence-corrected chi connectivity index (χ3v) is 6.64. The van der Waals surface area contributed by atoms with Gasteiger partial charge in [-0.05, 0) is 47.7 Å². The maximum atomic E-state index is 14.9. The van der Waals surface area contributed by atoms with Gasteiger partial charge in [0.2, 0.25) is 0 Å². The van der Waals surface area contributed by atoms with Crippen molar-refractivity contribution < 1.29 is 23.5 Å². The van der Waals surface area contributed by atoms with Gasteiger partial charge in [0.05, 0.1) is 18.2 Å². The first-order chi connectivity index (χ1) is 16.0. The minimum absolute atomic E-state index is 0.0466. The van der Waals surface area contributed by atoms with Gasteiger partial charge in [-0.15, -0.1) is 0 Å².